The Bertz CT molecular complexity index is 1260. The molecule has 2 N–H and O–H groups in total. The fourth-order valence-corrected chi connectivity index (χ4v) is 3.90. The molecule has 1 unspecified atom stereocenters. The third kappa shape index (κ3) is 5.11. The minimum absolute atomic E-state index is 0.0804. The summed E-state index contributed by atoms with van der Waals surface area (Å²) in [6.45, 7) is 1.78. The Morgan fingerprint density at radius 3 is 2.46 bits per heavy atom. The summed E-state index contributed by atoms with van der Waals surface area (Å²) in [5.74, 6) is -0.347. The van der Waals surface area contributed by atoms with E-state index >= 15 is 0 Å². The number of hydrogen-bond donors (Lipinski definition) is 2. The lowest BCUT2D eigenvalue weighted by Crippen LogP contribution is -2.45. The quantitative estimate of drug-likeness (QED) is 0.459. The van der Waals surface area contributed by atoms with Crippen LogP contribution in [0.4, 0.5) is 9.18 Å². The fourth-order valence-electron chi connectivity index (χ4n) is 3.90. The van der Waals surface area contributed by atoms with E-state index in [4.69, 9.17) is 14.2 Å². The maximum absolute atomic E-state index is 14.2. The van der Waals surface area contributed by atoms with Gasteiger partial charge < -0.3 is 24.8 Å². The van der Waals surface area contributed by atoms with Crippen LogP contribution in [0.15, 0.2) is 78.4 Å². The van der Waals surface area contributed by atoms with E-state index in [-0.39, 0.29) is 24.5 Å². The van der Waals surface area contributed by atoms with Crippen molar-refractivity contribution in [1.82, 2.24) is 10.6 Å². The Morgan fingerprint density at radius 2 is 1.74 bits per heavy atom. The van der Waals surface area contributed by atoms with Gasteiger partial charge in [0.1, 0.15) is 12.4 Å². The highest BCUT2D eigenvalue weighted by Gasteiger charge is 2.36. The maximum Gasteiger partial charge on any atom is 0.338 e. The Balaban J connectivity index is 1.84. The van der Waals surface area contributed by atoms with Gasteiger partial charge in [0.05, 0.1) is 31.0 Å². The molecule has 3 aromatic carbocycles. The molecule has 7 nitrogen and oxygen atoms in total. The van der Waals surface area contributed by atoms with Crippen molar-refractivity contribution in [3.05, 3.63) is 101 Å². The van der Waals surface area contributed by atoms with E-state index in [1.807, 2.05) is 18.2 Å². The number of nitrogens with one attached hydrogen (secondary N) is 2. The molecule has 3 aromatic rings. The van der Waals surface area contributed by atoms with Crippen LogP contribution in [0.1, 0.15) is 29.7 Å². The van der Waals surface area contributed by atoms with Crippen molar-refractivity contribution in [2.24, 2.45) is 0 Å². The van der Waals surface area contributed by atoms with Gasteiger partial charge >= 0.3 is 12.0 Å². The topological polar surface area (TPSA) is 85.9 Å². The first-order valence-corrected chi connectivity index (χ1v) is 11.1. The Hall–Kier alpha value is -4.33. The first-order valence-electron chi connectivity index (χ1n) is 11.1. The number of methoxy groups -OCH3 is 1. The van der Waals surface area contributed by atoms with E-state index in [0.717, 1.165) is 0 Å². The molecule has 1 aliphatic heterocycles. The Labute approximate surface area is 202 Å². The predicted molar refractivity (Wildman–Crippen MR) is 128 cm³/mol. The van der Waals surface area contributed by atoms with E-state index in [2.05, 4.69) is 10.6 Å². The molecule has 0 saturated heterocycles. The number of carbonyl (C=O) groups is 2. The third-order valence-corrected chi connectivity index (χ3v) is 5.50. The Morgan fingerprint density at radius 1 is 1.00 bits per heavy atom. The minimum atomic E-state index is -0.913. The maximum atomic E-state index is 14.2. The number of benzene rings is 3. The molecule has 2 amide bonds. The number of amides is 2. The van der Waals surface area contributed by atoms with Crippen LogP contribution in [-0.2, 0) is 16.1 Å². The highest BCUT2D eigenvalue weighted by Crippen LogP contribution is 2.41. The standard InChI is InChI=1S/C27H25FN2O5/c1-3-34-26(31)22-23(17-10-5-4-6-11-17)29-27(32)30-24(22)19-13-9-15-21(33-2)25(19)35-16-18-12-7-8-14-20(18)28/h4-15,24H,3,16H2,1-2H3,(H2,29,30,32). The van der Waals surface area contributed by atoms with Gasteiger partial charge in [-0.15, -0.1) is 0 Å². The number of urea groups is 1. The van der Waals surface area contributed by atoms with E-state index in [0.29, 0.717) is 28.1 Å². The number of ether oxygens (including phenoxy) is 3. The van der Waals surface area contributed by atoms with Crippen LogP contribution in [0.3, 0.4) is 0 Å². The van der Waals surface area contributed by atoms with Crippen LogP contribution in [0.25, 0.3) is 5.70 Å². The molecular weight excluding hydrogens is 451 g/mol. The van der Waals surface area contributed by atoms with Crippen molar-refractivity contribution in [3.63, 3.8) is 0 Å². The van der Waals surface area contributed by atoms with Crippen molar-refractivity contribution >= 4 is 17.7 Å². The van der Waals surface area contributed by atoms with Crippen molar-refractivity contribution in [2.75, 3.05) is 13.7 Å². The number of rotatable bonds is 8. The van der Waals surface area contributed by atoms with E-state index in [1.54, 1.807) is 55.5 Å². The summed E-state index contributed by atoms with van der Waals surface area (Å²) < 4.78 is 31.1. The summed E-state index contributed by atoms with van der Waals surface area (Å²) in [6, 6.07) is 19.0. The second-order valence-corrected chi connectivity index (χ2v) is 7.67. The highest BCUT2D eigenvalue weighted by molar-refractivity contribution is 6.04. The average Bonchev–Trinajstić information content (AvgIpc) is 2.88. The normalized spacial score (nSPS) is 15.2. The molecule has 35 heavy (non-hydrogen) atoms. The summed E-state index contributed by atoms with van der Waals surface area (Å²) in [4.78, 5) is 25.9. The van der Waals surface area contributed by atoms with Gasteiger partial charge in [0.2, 0.25) is 0 Å². The lowest BCUT2D eigenvalue weighted by molar-refractivity contribution is -0.138. The molecule has 4 rings (SSSR count). The largest absolute Gasteiger partial charge is 0.493 e. The van der Waals surface area contributed by atoms with Gasteiger partial charge in [0, 0.05) is 11.1 Å². The average molecular weight is 477 g/mol. The van der Waals surface area contributed by atoms with Crippen LogP contribution in [0, 0.1) is 5.82 Å². The van der Waals surface area contributed by atoms with Crippen molar-refractivity contribution < 1.29 is 28.2 Å². The third-order valence-electron chi connectivity index (χ3n) is 5.50. The zero-order valence-corrected chi connectivity index (χ0v) is 19.3. The molecule has 0 bridgehead atoms. The number of para-hydroxylation sites is 1. The second kappa shape index (κ2) is 10.7. The van der Waals surface area contributed by atoms with Gasteiger partial charge in [-0.25, -0.2) is 14.0 Å². The van der Waals surface area contributed by atoms with Gasteiger partial charge in [0.15, 0.2) is 11.5 Å². The highest BCUT2D eigenvalue weighted by atomic mass is 19.1. The molecule has 0 fully saturated rings. The molecule has 0 aromatic heterocycles. The van der Waals surface area contributed by atoms with E-state index in [1.165, 1.54) is 13.2 Å². The lowest BCUT2D eigenvalue weighted by atomic mass is 9.92. The summed E-state index contributed by atoms with van der Waals surface area (Å²) in [5, 5.41) is 5.55. The van der Waals surface area contributed by atoms with Gasteiger partial charge in [-0.2, -0.15) is 0 Å². The molecule has 180 valence electrons. The van der Waals surface area contributed by atoms with Crippen molar-refractivity contribution in [1.29, 1.82) is 0 Å². The van der Waals surface area contributed by atoms with Gasteiger partial charge in [-0.3, -0.25) is 0 Å². The molecule has 1 heterocycles. The van der Waals surface area contributed by atoms with Crippen molar-refractivity contribution in [3.8, 4) is 11.5 Å². The molecule has 1 atom stereocenters. The van der Waals surface area contributed by atoms with Crippen LogP contribution in [-0.4, -0.2) is 25.7 Å². The van der Waals surface area contributed by atoms with Crippen LogP contribution < -0.4 is 20.1 Å². The molecule has 0 spiro atoms. The van der Waals surface area contributed by atoms with Crippen LogP contribution in [0.2, 0.25) is 0 Å². The monoisotopic (exact) mass is 476 g/mol. The van der Waals surface area contributed by atoms with Gasteiger partial charge in [-0.1, -0.05) is 60.7 Å². The number of halogens is 1. The molecule has 8 heteroatoms. The minimum Gasteiger partial charge on any atom is -0.493 e. The SMILES string of the molecule is CCOC(=O)C1=C(c2ccccc2)NC(=O)NC1c1cccc(OC)c1OCc1ccccc1F. The lowest BCUT2D eigenvalue weighted by Gasteiger charge is -2.30. The second-order valence-electron chi connectivity index (χ2n) is 7.67. The molecule has 0 radical (unpaired) electrons. The molecular formula is C27H25FN2O5. The molecule has 0 saturated carbocycles. The Kier molecular flexibility index (Phi) is 7.30. The summed E-state index contributed by atoms with van der Waals surface area (Å²) in [5.41, 5.74) is 2.01. The van der Waals surface area contributed by atoms with Gasteiger partial charge in [-0.05, 0) is 24.6 Å². The zero-order chi connectivity index (χ0) is 24.8. The number of hydrogen-bond acceptors (Lipinski definition) is 5. The van der Waals surface area contributed by atoms with Crippen LogP contribution >= 0.6 is 0 Å². The number of esters is 1. The summed E-state index contributed by atoms with van der Waals surface area (Å²) >= 11 is 0. The fraction of sp³-hybridized carbons (Fsp3) is 0.185. The smallest absolute Gasteiger partial charge is 0.338 e. The molecule has 0 aliphatic carbocycles. The van der Waals surface area contributed by atoms with E-state index in [9.17, 15) is 14.0 Å². The van der Waals surface area contributed by atoms with E-state index < -0.39 is 23.9 Å². The summed E-state index contributed by atoms with van der Waals surface area (Å²) in [6.07, 6.45) is 0. The number of carbonyl (C=O) groups excluding carboxylic acids is 2. The molecule has 1 aliphatic rings. The van der Waals surface area contributed by atoms with Gasteiger partial charge in [0.25, 0.3) is 0 Å². The predicted octanol–water partition coefficient (Wildman–Crippen LogP) is 4.74. The first kappa shape index (κ1) is 23.8. The first-order chi connectivity index (χ1) is 17.0. The van der Waals surface area contributed by atoms with Crippen LogP contribution in [0.5, 0.6) is 11.5 Å². The summed E-state index contributed by atoms with van der Waals surface area (Å²) in [7, 11) is 1.48. The van der Waals surface area contributed by atoms with Crippen molar-refractivity contribution in [2.45, 2.75) is 19.6 Å². The zero-order valence-electron chi connectivity index (χ0n) is 19.3.